The molecule has 0 heterocycles. The number of phenolic OH excluding ortho intramolecular Hbond substituents is 2. The molecule has 3 N–H and O–H groups in total. The van der Waals surface area contributed by atoms with Crippen LogP contribution in [0.25, 0.3) is 0 Å². The van der Waals surface area contributed by atoms with E-state index in [9.17, 15) is 15.0 Å². The van der Waals surface area contributed by atoms with E-state index in [4.69, 9.17) is 4.74 Å². The first kappa shape index (κ1) is 13.7. The second-order valence-corrected chi connectivity index (χ2v) is 4.24. The van der Waals surface area contributed by atoms with Gasteiger partial charge in [-0.3, -0.25) is 4.79 Å². The molecule has 5 nitrogen and oxygen atoms in total. The fraction of sp³-hybridized carbons (Fsp3) is 0.133. The molecule has 0 unspecified atom stereocenters. The lowest BCUT2D eigenvalue weighted by atomic mass is 10.1. The van der Waals surface area contributed by atoms with Crippen LogP contribution < -0.4 is 10.1 Å². The number of carbonyl (C=O) groups is 1. The van der Waals surface area contributed by atoms with E-state index in [1.54, 1.807) is 24.3 Å². The van der Waals surface area contributed by atoms with Crippen LogP contribution in [0, 0.1) is 0 Å². The zero-order valence-corrected chi connectivity index (χ0v) is 11.0. The Morgan fingerprint density at radius 3 is 2.70 bits per heavy atom. The second kappa shape index (κ2) is 5.97. The van der Waals surface area contributed by atoms with Crippen LogP contribution in [0.15, 0.2) is 42.5 Å². The summed E-state index contributed by atoms with van der Waals surface area (Å²) in [6.45, 7) is 0.302. The second-order valence-electron chi connectivity index (χ2n) is 4.24. The molecule has 0 atom stereocenters. The Hall–Kier alpha value is -2.69. The van der Waals surface area contributed by atoms with Crippen molar-refractivity contribution in [3.05, 3.63) is 53.6 Å². The number of nitrogens with one attached hydrogen (secondary N) is 1. The van der Waals surface area contributed by atoms with Crippen molar-refractivity contribution in [2.24, 2.45) is 0 Å². The van der Waals surface area contributed by atoms with Crippen LogP contribution in [0.1, 0.15) is 15.9 Å². The molecule has 0 aliphatic heterocycles. The normalized spacial score (nSPS) is 10.1. The maximum atomic E-state index is 12.0. The summed E-state index contributed by atoms with van der Waals surface area (Å²) < 4.78 is 4.95. The van der Waals surface area contributed by atoms with Crippen LogP contribution in [0.2, 0.25) is 0 Å². The lowest BCUT2D eigenvalue weighted by Crippen LogP contribution is -2.22. The molecule has 0 aliphatic carbocycles. The van der Waals surface area contributed by atoms with E-state index in [2.05, 4.69) is 5.32 Å². The van der Waals surface area contributed by atoms with Crippen LogP contribution in [0.5, 0.6) is 17.2 Å². The molecule has 0 spiro atoms. The van der Waals surface area contributed by atoms with E-state index in [0.717, 1.165) is 5.56 Å². The molecular weight excluding hydrogens is 258 g/mol. The molecule has 2 aromatic carbocycles. The van der Waals surface area contributed by atoms with E-state index in [1.165, 1.54) is 25.3 Å². The van der Waals surface area contributed by atoms with Gasteiger partial charge in [0, 0.05) is 12.1 Å². The number of rotatable bonds is 4. The number of hydrogen-bond acceptors (Lipinski definition) is 4. The van der Waals surface area contributed by atoms with Gasteiger partial charge >= 0.3 is 0 Å². The van der Waals surface area contributed by atoms with Crippen LogP contribution in [0.3, 0.4) is 0 Å². The predicted molar refractivity (Wildman–Crippen MR) is 73.9 cm³/mol. The summed E-state index contributed by atoms with van der Waals surface area (Å²) in [7, 11) is 1.42. The molecule has 104 valence electrons. The van der Waals surface area contributed by atoms with Gasteiger partial charge in [-0.15, -0.1) is 0 Å². The summed E-state index contributed by atoms with van der Waals surface area (Å²) >= 11 is 0. The van der Waals surface area contributed by atoms with Gasteiger partial charge in [-0.05, 0) is 35.9 Å². The van der Waals surface area contributed by atoms with Crippen LogP contribution in [0.4, 0.5) is 0 Å². The minimum Gasteiger partial charge on any atom is -0.508 e. The number of benzene rings is 2. The standard InChI is InChI=1S/C15H15NO4/c1-20-14-8-11(5-6-13(14)18)15(19)16-9-10-3-2-4-12(17)7-10/h2-8,17-18H,9H2,1H3,(H,16,19). The highest BCUT2D eigenvalue weighted by atomic mass is 16.5. The fourth-order valence-corrected chi connectivity index (χ4v) is 1.77. The first-order valence-electron chi connectivity index (χ1n) is 6.03. The Morgan fingerprint density at radius 1 is 1.20 bits per heavy atom. The summed E-state index contributed by atoms with van der Waals surface area (Å²) in [6.07, 6.45) is 0. The summed E-state index contributed by atoms with van der Waals surface area (Å²) in [6, 6.07) is 11.0. The van der Waals surface area contributed by atoms with E-state index < -0.39 is 0 Å². The highest BCUT2D eigenvalue weighted by molar-refractivity contribution is 5.94. The summed E-state index contributed by atoms with van der Waals surface area (Å²) in [5.41, 5.74) is 1.18. The zero-order chi connectivity index (χ0) is 14.5. The molecule has 0 aromatic heterocycles. The molecule has 0 radical (unpaired) electrons. The monoisotopic (exact) mass is 273 g/mol. The number of phenols is 2. The van der Waals surface area contributed by atoms with Gasteiger partial charge in [0.1, 0.15) is 5.75 Å². The van der Waals surface area contributed by atoms with Gasteiger partial charge in [0.25, 0.3) is 5.91 Å². The molecule has 0 saturated heterocycles. The quantitative estimate of drug-likeness (QED) is 0.796. The minimum atomic E-state index is -0.286. The van der Waals surface area contributed by atoms with E-state index in [1.807, 2.05) is 0 Å². The van der Waals surface area contributed by atoms with Gasteiger partial charge < -0.3 is 20.3 Å². The van der Waals surface area contributed by atoms with Crippen LogP contribution in [-0.4, -0.2) is 23.2 Å². The Bertz CT molecular complexity index is 625. The van der Waals surface area contributed by atoms with E-state index >= 15 is 0 Å². The summed E-state index contributed by atoms with van der Waals surface area (Å²) in [4.78, 5) is 12.0. The van der Waals surface area contributed by atoms with Gasteiger partial charge in [-0.1, -0.05) is 12.1 Å². The number of amides is 1. The van der Waals surface area contributed by atoms with Gasteiger partial charge in [0.2, 0.25) is 0 Å². The third-order valence-corrected chi connectivity index (χ3v) is 2.81. The molecular formula is C15H15NO4. The molecule has 5 heteroatoms. The molecule has 2 rings (SSSR count). The molecule has 0 fully saturated rings. The van der Waals surface area contributed by atoms with Gasteiger partial charge in [0.15, 0.2) is 11.5 Å². The Labute approximate surface area is 116 Å². The van der Waals surface area contributed by atoms with Crippen molar-refractivity contribution in [3.8, 4) is 17.2 Å². The van der Waals surface area contributed by atoms with Crippen LogP contribution in [-0.2, 0) is 6.54 Å². The number of carbonyl (C=O) groups excluding carboxylic acids is 1. The molecule has 0 saturated carbocycles. The van der Waals surface area contributed by atoms with Crippen molar-refractivity contribution in [3.63, 3.8) is 0 Å². The number of aromatic hydroxyl groups is 2. The number of methoxy groups -OCH3 is 1. The van der Waals surface area contributed by atoms with Gasteiger partial charge in [0.05, 0.1) is 7.11 Å². The lowest BCUT2D eigenvalue weighted by molar-refractivity contribution is 0.0950. The fourth-order valence-electron chi connectivity index (χ4n) is 1.77. The lowest BCUT2D eigenvalue weighted by Gasteiger charge is -2.08. The molecule has 0 bridgehead atoms. The topological polar surface area (TPSA) is 78.8 Å². The third kappa shape index (κ3) is 3.20. The van der Waals surface area contributed by atoms with Crippen molar-refractivity contribution in [2.45, 2.75) is 6.54 Å². The van der Waals surface area contributed by atoms with Crippen molar-refractivity contribution >= 4 is 5.91 Å². The predicted octanol–water partition coefficient (Wildman–Crippen LogP) is 2.04. The minimum absolute atomic E-state index is 0.0166. The highest BCUT2D eigenvalue weighted by Gasteiger charge is 2.09. The molecule has 1 amide bonds. The third-order valence-electron chi connectivity index (χ3n) is 2.81. The van der Waals surface area contributed by atoms with Crippen molar-refractivity contribution in [1.82, 2.24) is 5.32 Å². The zero-order valence-electron chi connectivity index (χ0n) is 11.0. The first-order valence-corrected chi connectivity index (χ1v) is 6.03. The number of ether oxygens (including phenoxy) is 1. The van der Waals surface area contributed by atoms with Gasteiger partial charge in [-0.2, -0.15) is 0 Å². The Morgan fingerprint density at radius 2 is 2.00 bits per heavy atom. The maximum absolute atomic E-state index is 12.0. The van der Waals surface area contributed by atoms with Crippen molar-refractivity contribution in [2.75, 3.05) is 7.11 Å². The molecule has 2 aromatic rings. The van der Waals surface area contributed by atoms with Gasteiger partial charge in [-0.25, -0.2) is 0 Å². The summed E-state index contributed by atoms with van der Waals surface area (Å²) in [5, 5.41) is 21.5. The Balaban J connectivity index is 2.05. The van der Waals surface area contributed by atoms with Crippen molar-refractivity contribution < 1.29 is 19.7 Å². The highest BCUT2D eigenvalue weighted by Crippen LogP contribution is 2.26. The summed E-state index contributed by atoms with van der Waals surface area (Å²) in [5.74, 6) is 0.0988. The molecule has 0 aliphatic rings. The van der Waals surface area contributed by atoms with Crippen molar-refractivity contribution in [1.29, 1.82) is 0 Å². The van der Waals surface area contributed by atoms with Crippen LogP contribution >= 0.6 is 0 Å². The smallest absolute Gasteiger partial charge is 0.251 e. The first-order chi connectivity index (χ1) is 9.60. The SMILES string of the molecule is COc1cc(C(=O)NCc2cccc(O)c2)ccc1O. The number of hydrogen-bond donors (Lipinski definition) is 3. The molecule has 20 heavy (non-hydrogen) atoms. The maximum Gasteiger partial charge on any atom is 0.251 e. The van der Waals surface area contributed by atoms with E-state index in [-0.39, 0.29) is 23.2 Å². The average molecular weight is 273 g/mol. The average Bonchev–Trinajstić information content (AvgIpc) is 2.45. The Kier molecular flexibility index (Phi) is 4.10. The largest absolute Gasteiger partial charge is 0.508 e. The van der Waals surface area contributed by atoms with E-state index in [0.29, 0.717) is 12.1 Å².